The van der Waals surface area contributed by atoms with Crippen molar-refractivity contribution in [1.29, 1.82) is 5.41 Å². The molecule has 204 valence electrons. The minimum absolute atomic E-state index is 0.0499. The molecule has 0 fully saturated rings. The Bertz CT molecular complexity index is 1030. The predicted molar refractivity (Wildman–Crippen MR) is 131 cm³/mol. The van der Waals surface area contributed by atoms with Gasteiger partial charge in [-0.25, -0.2) is 18.2 Å². The van der Waals surface area contributed by atoms with E-state index in [-0.39, 0.29) is 36.4 Å². The quantitative estimate of drug-likeness (QED) is 0.126. The highest BCUT2D eigenvalue weighted by Crippen LogP contribution is 2.22. The zero-order chi connectivity index (χ0) is 27.7. The molecule has 0 aromatic carbocycles. The van der Waals surface area contributed by atoms with Gasteiger partial charge >= 0.3 is 6.09 Å². The number of aromatic nitrogens is 1. The van der Waals surface area contributed by atoms with Crippen molar-refractivity contribution in [1.82, 2.24) is 25.7 Å². The number of carbonyl (C=O) groups is 3. The third kappa shape index (κ3) is 12.4. The van der Waals surface area contributed by atoms with Crippen molar-refractivity contribution in [3.8, 4) is 0 Å². The van der Waals surface area contributed by atoms with Crippen LogP contribution in [0, 0.1) is 11.3 Å². The summed E-state index contributed by atoms with van der Waals surface area (Å²) >= 11 is 0. The smallest absolute Gasteiger partial charge is 0.408 e. The molecule has 1 aromatic rings. The molecule has 0 saturated heterocycles. The van der Waals surface area contributed by atoms with Crippen LogP contribution in [0.15, 0.2) is 10.7 Å². The highest BCUT2D eigenvalue weighted by atomic mass is 32.2. The van der Waals surface area contributed by atoms with E-state index in [2.05, 4.69) is 20.9 Å². The van der Waals surface area contributed by atoms with E-state index in [9.17, 15) is 22.8 Å². The number of alkyl carbamates (subject to hydrolysis) is 1. The molecular weight excluding hydrogens is 494 g/mol. The Hall–Kier alpha value is -3.36. The third-order valence-corrected chi connectivity index (χ3v) is 4.92. The van der Waals surface area contributed by atoms with Crippen LogP contribution in [0.3, 0.4) is 0 Å². The van der Waals surface area contributed by atoms with Gasteiger partial charge in [-0.1, -0.05) is 13.8 Å². The molecule has 0 radical (unpaired) electrons. The first-order chi connectivity index (χ1) is 16.5. The van der Waals surface area contributed by atoms with Crippen LogP contribution in [0.25, 0.3) is 0 Å². The Morgan fingerprint density at radius 3 is 2.39 bits per heavy atom. The maximum absolute atomic E-state index is 12.8. The second kappa shape index (κ2) is 13.1. The molecule has 0 spiro atoms. The summed E-state index contributed by atoms with van der Waals surface area (Å²) in [4.78, 5) is 41.6. The minimum Gasteiger partial charge on any atom is -0.446 e. The number of oxazole rings is 1. The SMILES string of the molecule is CC(C)CC(NC(=O)OC(C)(C)C)c1nc(C(=O)NC(CCCNC(=N)N)C(=O)NS(C)(=O)=O)co1. The molecular formula is C21H37N7O7S. The van der Waals surface area contributed by atoms with Crippen molar-refractivity contribution in [2.45, 2.75) is 71.6 Å². The molecule has 0 aliphatic carbocycles. The van der Waals surface area contributed by atoms with E-state index in [0.29, 0.717) is 12.8 Å². The highest BCUT2D eigenvalue weighted by molar-refractivity contribution is 7.89. The molecule has 0 bridgehead atoms. The van der Waals surface area contributed by atoms with Gasteiger partial charge < -0.3 is 30.8 Å². The van der Waals surface area contributed by atoms with Gasteiger partial charge in [0.15, 0.2) is 11.7 Å². The molecule has 2 unspecified atom stereocenters. The van der Waals surface area contributed by atoms with Gasteiger partial charge in [-0.3, -0.25) is 19.7 Å². The fourth-order valence-corrected chi connectivity index (χ4v) is 3.49. The topological polar surface area (TPSA) is 219 Å². The van der Waals surface area contributed by atoms with E-state index in [0.717, 1.165) is 12.5 Å². The molecule has 0 saturated carbocycles. The van der Waals surface area contributed by atoms with Crippen molar-refractivity contribution in [3.63, 3.8) is 0 Å². The average molecular weight is 532 g/mol. The summed E-state index contributed by atoms with van der Waals surface area (Å²) in [5.74, 6) is -1.76. The first-order valence-electron chi connectivity index (χ1n) is 11.3. The molecule has 2 atom stereocenters. The maximum atomic E-state index is 12.8. The van der Waals surface area contributed by atoms with Crippen LogP contribution in [-0.4, -0.2) is 61.7 Å². The van der Waals surface area contributed by atoms with E-state index in [4.69, 9.17) is 20.3 Å². The number of sulfonamides is 1. The van der Waals surface area contributed by atoms with Crippen LogP contribution in [0.2, 0.25) is 0 Å². The first kappa shape index (κ1) is 30.7. The van der Waals surface area contributed by atoms with Crippen LogP contribution in [0.4, 0.5) is 4.79 Å². The summed E-state index contributed by atoms with van der Waals surface area (Å²) in [6.45, 7) is 9.28. The lowest BCUT2D eigenvalue weighted by Crippen LogP contribution is -2.48. The molecule has 0 aliphatic rings. The van der Waals surface area contributed by atoms with Crippen LogP contribution in [0.5, 0.6) is 0 Å². The highest BCUT2D eigenvalue weighted by Gasteiger charge is 2.28. The van der Waals surface area contributed by atoms with Crippen LogP contribution in [-0.2, 0) is 19.6 Å². The summed E-state index contributed by atoms with van der Waals surface area (Å²) in [5, 5.41) is 14.9. The number of carbonyl (C=O) groups excluding carboxylic acids is 3. The number of rotatable bonds is 12. The lowest BCUT2D eigenvalue weighted by molar-refractivity contribution is -0.121. The lowest BCUT2D eigenvalue weighted by atomic mass is 10.0. The molecule has 1 heterocycles. The summed E-state index contributed by atoms with van der Waals surface area (Å²) in [6.07, 6.45) is 2.02. The number of hydrogen-bond donors (Lipinski definition) is 6. The zero-order valence-electron chi connectivity index (χ0n) is 21.4. The molecule has 7 N–H and O–H groups in total. The summed E-state index contributed by atoms with van der Waals surface area (Å²) in [5.41, 5.74) is 4.34. The normalized spacial score (nSPS) is 13.4. The standard InChI is InChI=1S/C21H37N7O7S/c1-12(2)10-14(27-20(31)35-21(3,4)5)18-26-15(11-34-18)16(29)25-13(8-7-9-24-19(22)23)17(30)28-36(6,32)33/h11-14H,7-10H2,1-6H3,(H,25,29)(H,27,31)(H,28,30)(H4,22,23,24). The number of nitrogens with one attached hydrogen (secondary N) is 5. The van der Waals surface area contributed by atoms with E-state index in [1.807, 2.05) is 18.6 Å². The lowest BCUT2D eigenvalue weighted by Gasteiger charge is -2.23. The van der Waals surface area contributed by atoms with Gasteiger partial charge in [0.1, 0.15) is 23.9 Å². The van der Waals surface area contributed by atoms with Gasteiger partial charge in [-0.15, -0.1) is 0 Å². The van der Waals surface area contributed by atoms with Crippen molar-refractivity contribution < 1.29 is 32.0 Å². The minimum atomic E-state index is -3.86. The molecule has 1 rings (SSSR count). The van der Waals surface area contributed by atoms with Crippen LogP contribution < -0.4 is 26.4 Å². The fraction of sp³-hybridized carbons (Fsp3) is 0.667. The molecule has 14 nitrogen and oxygen atoms in total. The van der Waals surface area contributed by atoms with Gasteiger partial charge in [-0.05, 0) is 46.0 Å². The maximum Gasteiger partial charge on any atom is 0.408 e. The van der Waals surface area contributed by atoms with E-state index >= 15 is 0 Å². The van der Waals surface area contributed by atoms with E-state index in [1.165, 1.54) is 0 Å². The second-order valence-corrected chi connectivity index (χ2v) is 11.4. The first-order valence-corrected chi connectivity index (χ1v) is 13.2. The monoisotopic (exact) mass is 531 g/mol. The van der Waals surface area contributed by atoms with Gasteiger partial charge in [0.2, 0.25) is 15.9 Å². The van der Waals surface area contributed by atoms with Crippen LogP contribution in [0.1, 0.15) is 76.3 Å². The third-order valence-electron chi connectivity index (χ3n) is 4.34. The number of guanidine groups is 1. The number of amides is 3. The van der Waals surface area contributed by atoms with Gasteiger partial charge in [-0.2, -0.15) is 0 Å². The molecule has 0 aliphatic heterocycles. The molecule has 36 heavy (non-hydrogen) atoms. The van der Waals surface area contributed by atoms with E-state index < -0.39 is 45.6 Å². The summed E-state index contributed by atoms with van der Waals surface area (Å²) in [7, 11) is -3.86. The van der Waals surface area contributed by atoms with Crippen LogP contribution >= 0.6 is 0 Å². The summed E-state index contributed by atoms with van der Waals surface area (Å²) in [6, 6.07) is -1.89. The van der Waals surface area contributed by atoms with Crippen molar-refractivity contribution in [3.05, 3.63) is 17.8 Å². The number of nitrogens with two attached hydrogens (primary N) is 1. The zero-order valence-corrected chi connectivity index (χ0v) is 22.2. The van der Waals surface area contributed by atoms with Crippen molar-refractivity contribution in [2.75, 3.05) is 12.8 Å². The number of ether oxygens (including phenoxy) is 1. The molecule has 1 aromatic heterocycles. The molecule has 3 amide bonds. The predicted octanol–water partition coefficient (Wildman–Crippen LogP) is 0.724. The Kier molecular flexibility index (Phi) is 11.2. The van der Waals surface area contributed by atoms with Crippen molar-refractivity contribution >= 4 is 33.9 Å². The Labute approximate surface area is 211 Å². The van der Waals surface area contributed by atoms with Crippen molar-refractivity contribution in [2.24, 2.45) is 11.7 Å². The van der Waals surface area contributed by atoms with E-state index in [1.54, 1.807) is 20.8 Å². The number of nitrogens with zero attached hydrogens (tertiary/aromatic N) is 1. The Morgan fingerprint density at radius 2 is 1.86 bits per heavy atom. The van der Waals surface area contributed by atoms with Gasteiger partial charge in [0, 0.05) is 6.54 Å². The Morgan fingerprint density at radius 1 is 1.22 bits per heavy atom. The number of hydrogen-bond acceptors (Lipinski definition) is 9. The Balaban J connectivity index is 3.00. The molecule has 15 heteroatoms. The average Bonchev–Trinajstić information content (AvgIpc) is 3.16. The second-order valence-electron chi connectivity index (χ2n) is 9.65. The largest absolute Gasteiger partial charge is 0.446 e. The fourth-order valence-electron chi connectivity index (χ4n) is 2.98. The summed E-state index contributed by atoms with van der Waals surface area (Å²) < 4.78 is 35.5. The van der Waals surface area contributed by atoms with Gasteiger partial charge in [0.05, 0.1) is 6.26 Å². The van der Waals surface area contributed by atoms with Gasteiger partial charge in [0.25, 0.3) is 11.8 Å².